The maximum Gasteiger partial charge on any atom is 0.224 e. The summed E-state index contributed by atoms with van der Waals surface area (Å²) in [7, 11) is 1.60. The lowest BCUT2D eigenvalue weighted by atomic mass is 10.1. The van der Waals surface area contributed by atoms with Crippen molar-refractivity contribution < 1.29 is 19.1 Å². The van der Waals surface area contributed by atoms with Crippen LogP contribution in [-0.4, -0.2) is 30.8 Å². The number of nitrogens with one attached hydrogen (secondary N) is 1. The van der Waals surface area contributed by atoms with Crippen LogP contribution in [0.3, 0.4) is 0 Å². The van der Waals surface area contributed by atoms with Crippen LogP contribution < -0.4 is 10.1 Å². The number of fused-ring (bicyclic) bond motifs is 1. The van der Waals surface area contributed by atoms with Gasteiger partial charge in [0.15, 0.2) is 0 Å². The summed E-state index contributed by atoms with van der Waals surface area (Å²) in [6.07, 6.45) is 1.69. The first-order valence-electron chi connectivity index (χ1n) is 8.18. The monoisotopic (exact) mass is 339 g/mol. The maximum atomic E-state index is 12.1. The van der Waals surface area contributed by atoms with Crippen molar-refractivity contribution in [3.63, 3.8) is 0 Å². The van der Waals surface area contributed by atoms with Gasteiger partial charge < -0.3 is 19.6 Å². The van der Waals surface area contributed by atoms with Gasteiger partial charge in [-0.2, -0.15) is 0 Å². The SMILES string of the molecule is COc1ccc2c(CC(=O)NCC(O)Cc3ccccc3)coc2c1. The molecule has 0 fully saturated rings. The third-order valence-corrected chi connectivity index (χ3v) is 4.06. The van der Waals surface area contributed by atoms with Crippen molar-refractivity contribution in [3.8, 4) is 5.75 Å². The smallest absolute Gasteiger partial charge is 0.224 e. The van der Waals surface area contributed by atoms with Crippen molar-refractivity contribution in [2.45, 2.75) is 18.9 Å². The van der Waals surface area contributed by atoms with Gasteiger partial charge in [0.1, 0.15) is 11.3 Å². The van der Waals surface area contributed by atoms with E-state index in [4.69, 9.17) is 9.15 Å². The molecule has 25 heavy (non-hydrogen) atoms. The second-order valence-corrected chi connectivity index (χ2v) is 5.95. The largest absolute Gasteiger partial charge is 0.497 e. The number of benzene rings is 2. The summed E-state index contributed by atoms with van der Waals surface area (Å²) in [6.45, 7) is 0.220. The molecular formula is C20H21NO4. The number of rotatable bonds is 7. The first kappa shape index (κ1) is 17.0. The summed E-state index contributed by atoms with van der Waals surface area (Å²) in [5, 5.41) is 13.7. The highest BCUT2D eigenvalue weighted by atomic mass is 16.5. The van der Waals surface area contributed by atoms with E-state index in [0.717, 1.165) is 16.5 Å². The van der Waals surface area contributed by atoms with Crippen LogP contribution in [0.15, 0.2) is 59.2 Å². The number of methoxy groups -OCH3 is 1. The van der Waals surface area contributed by atoms with Crippen molar-refractivity contribution in [1.29, 1.82) is 0 Å². The van der Waals surface area contributed by atoms with E-state index in [1.807, 2.05) is 42.5 Å². The summed E-state index contributed by atoms with van der Waals surface area (Å²) in [5.74, 6) is 0.563. The fraction of sp³-hybridized carbons (Fsp3) is 0.250. The lowest BCUT2D eigenvalue weighted by molar-refractivity contribution is -0.120. The lowest BCUT2D eigenvalue weighted by Crippen LogP contribution is -2.34. The number of aliphatic hydroxyl groups excluding tert-OH is 1. The molecule has 3 rings (SSSR count). The van der Waals surface area contributed by atoms with Crippen LogP contribution in [0.5, 0.6) is 5.75 Å². The van der Waals surface area contributed by atoms with Gasteiger partial charge in [0.25, 0.3) is 0 Å². The summed E-state index contributed by atoms with van der Waals surface area (Å²) >= 11 is 0. The molecule has 0 aliphatic rings. The molecule has 0 spiro atoms. The molecule has 1 aromatic heterocycles. The molecule has 0 saturated carbocycles. The molecule has 1 amide bonds. The number of aliphatic hydroxyl groups is 1. The van der Waals surface area contributed by atoms with Crippen molar-refractivity contribution in [2.75, 3.05) is 13.7 Å². The molecule has 130 valence electrons. The molecule has 0 aliphatic carbocycles. The quantitative estimate of drug-likeness (QED) is 0.694. The number of furan rings is 1. The third-order valence-electron chi connectivity index (χ3n) is 4.06. The second kappa shape index (κ2) is 7.85. The number of hydrogen-bond donors (Lipinski definition) is 2. The second-order valence-electron chi connectivity index (χ2n) is 5.95. The maximum absolute atomic E-state index is 12.1. The molecule has 0 aliphatic heterocycles. The van der Waals surface area contributed by atoms with Crippen LogP contribution in [0.4, 0.5) is 0 Å². The van der Waals surface area contributed by atoms with Crippen LogP contribution in [0, 0.1) is 0 Å². The zero-order valence-corrected chi connectivity index (χ0v) is 14.1. The van der Waals surface area contributed by atoms with Crippen LogP contribution in [0.25, 0.3) is 11.0 Å². The Kier molecular flexibility index (Phi) is 5.36. The van der Waals surface area contributed by atoms with Crippen LogP contribution in [0.1, 0.15) is 11.1 Å². The van der Waals surface area contributed by atoms with Crippen molar-refractivity contribution >= 4 is 16.9 Å². The summed E-state index contributed by atoms with van der Waals surface area (Å²) in [4.78, 5) is 12.1. The topological polar surface area (TPSA) is 71.7 Å². The summed E-state index contributed by atoms with van der Waals surface area (Å²) in [5.41, 5.74) is 2.54. The van der Waals surface area contributed by atoms with Crippen LogP contribution >= 0.6 is 0 Å². The molecule has 0 radical (unpaired) electrons. The molecule has 1 atom stereocenters. The van der Waals surface area contributed by atoms with E-state index < -0.39 is 6.10 Å². The molecule has 5 nitrogen and oxygen atoms in total. The zero-order valence-electron chi connectivity index (χ0n) is 14.1. The van der Waals surface area contributed by atoms with Gasteiger partial charge in [0.2, 0.25) is 5.91 Å². The number of hydrogen-bond acceptors (Lipinski definition) is 4. The highest BCUT2D eigenvalue weighted by molar-refractivity contribution is 5.88. The van der Waals surface area contributed by atoms with Gasteiger partial charge in [-0.05, 0) is 17.7 Å². The van der Waals surface area contributed by atoms with Crippen molar-refractivity contribution in [1.82, 2.24) is 5.32 Å². The molecule has 1 heterocycles. The van der Waals surface area contributed by atoms with Crippen molar-refractivity contribution in [2.24, 2.45) is 0 Å². The van der Waals surface area contributed by atoms with E-state index in [1.165, 1.54) is 0 Å². The number of amides is 1. The van der Waals surface area contributed by atoms with E-state index in [0.29, 0.717) is 17.8 Å². The Morgan fingerprint density at radius 3 is 2.80 bits per heavy atom. The minimum atomic E-state index is -0.614. The lowest BCUT2D eigenvalue weighted by Gasteiger charge is -2.11. The number of carbonyl (C=O) groups is 1. The average Bonchev–Trinajstić information content (AvgIpc) is 3.03. The Morgan fingerprint density at radius 1 is 1.24 bits per heavy atom. The Bertz CT molecular complexity index is 841. The molecular weight excluding hydrogens is 318 g/mol. The average molecular weight is 339 g/mol. The van der Waals surface area contributed by atoms with Crippen LogP contribution in [0.2, 0.25) is 0 Å². The van der Waals surface area contributed by atoms with E-state index in [9.17, 15) is 9.90 Å². The predicted molar refractivity (Wildman–Crippen MR) is 95.6 cm³/mol. The fourth-order valence-electron chi connectivity index (χ4n) is 2.75. The Hall–Kier alpha value is -2.79. The molecule has 3 aromatic rings. The first-order valence-corrected chi connectivity index (χ1v) is 8.18. The van der Waals surface area contributed by atoms with Gasteiger partial charge in [0.05, 0.1) is 25.9 Å². The van der Waals surface area contributed by atoms with Gasteiger partial charge in [-0.3, -0.25) is 4.79 Å². The number of carbonyl (C=O) groups excluding carboxylic acids is 1. The third kappa shape index (κ3) is 4.39. The first-order chi connectivity index (χ1) is 12.2. The standard InChI is InChI=1S/C20H21NO4/c1-24-17-7-8-18-15(13-25-19(18)11-17)10-20(23)21-12-16(22)9-14-5-3-2-4-6-14/h2-8,11,13,16,22H,9-10,12H2,1H3,(H,21,23). The van der Waals surface area contributed by atoms with E-state index >= 15 is 0 Å². The molecule has 1 unspecified atom stereocenters. The van der Waals surface area contributed by atoms with E-state index in [1.54, 1.807) is 19.4 Å². The predicted octanol–water partition coefficient (Wildman–Crippen LogP) is 2.70. The Labute approximate surface area is 146 Å². The van der Waals surface area contributed by atoms with Crippen LogP contribution in [-0.2, 0) is 17.6 Å². The van der Waals surface area contributed by atoms with Crippen molar-refractivity contribution in [3.05, 3.63) is 65.9 Å². The highest BCUT2D eigenvalue weighted by Gasteiger charge is 2.13. The van der Waals surface area contributed by atoms with E-state index in [2.05, 4.69) is 5.32 Å². The fourth-order valence-corrected chi connectivity index (χ4v) is 2.75. The Morgan fingerprint density at radius 2 is 2.04 bits per heavy atom. The highest BCUT2D eigenvalue weighted by Crippen LogP contribution is 2.25. The minimum Gasteiger partial charge on any atom is -0.497 e. The van der Waals surface area contributed by atoms with Gasteiger partial charge in [0, 0.05) is 30.0 Å². The molecule has 0 saturated heterocycles. The minimum absolute atomic E-state index is 0.148. The Balaban J connectivity index is 1.54. The molecule has 2 N–H and O–H groups in total. The van der Waals surface area contributed by atoms with E-state index in [-0.39, 0.29) is 18.9 Å². The number of ether oxygens (including phenoxy) is 1. The van der Waals surface area contributed by atoms with Gasteiger partial charge >= 0.3 is 0 Å². The molecule has 5 heteroatoms. The zero-order chi connectivity index (χ0) is 17.6. The van der Waals surface area contributed by atoms with Gasteiger partial charge in [-0.25, -0.2) is 0 Å². The molecule has 2 aromatic carbocycles. The summed E-state index contributed by atoms with van der Waals surface area (Å²) < 4.78 is 10.6. The summed E-state index contributed by atoms with van der Waals surface area (Å²) in [6, 6.07) is 15.2. The van der Waals surface area contributed by atoms with Gasteiger partial charge in [-0.15, -0.1) is 0 Å². The normalized spacial score (nSPS) is 12.1. The molecule has 0 bridgehead atoms. The van der Waals surface area contributed by atoms with Gasteiger partial charge in [-0.1, -0.05) is 30.3 Å².